The molecule has 6 heteroatoms. The van der Waals surface area contributed by atoms with E-state index in [2.05, 4.69) is 17.9 Å². The Morgan fingerprint density at radius 1 is 1.09 bits per heavy atom. The Hall–Kier alpha value is -1.63. The molecule has 2 rings (SSSR count). The maximum Gasteiger partial charge on any atom is 0.238 e. The van der Waals surface area contributed by atoms with Crippen LogP contribution in [0.25, 0.3) is 10.8 Å². The van der Waals surface area contributed by atoms with Gasteiger partial charge in [-0.15, -0.1) is 0 Å². The van der Waals surface area contributed by atoms with Crippen molar-refractivity contribution in [2.75, 3.05) is 32.6 Å². The van der Waals surface area contributed by atoms with E-state index in [-0.39, 0.29) is 4.90 Å². The van der Waals surface area contributed by atoms with Crippen molar-refractivity contribution in [3.63, 3.8) is 0 Å². The number of nitrogens with zero attached hydrogens (tertiary/aromatic N) is 2. The minimum absolute atomic E-state index is 0.193. The fourth-order valence-corrected chi connectivity index (χ4v) is 3.68. The molecular weight excluding hydrogens is 310 g/mol. The lowest BCUT2D eigenvalue weighted by Gasteiger charge is -2.20. The number of anilines is 1. The summed E-state index contributed by atoms with van der Waals surface area (Å²) in [4.78, 5) is 4.35. The van der Waals surface area contributed by atoms with Crippen LogP contribution in [0.3, 0.4) is 0 Å². The fraction of sp³-hybridized carbons (Fsp3) is 0.412. The molecule has 0 saturated heterocycles. The molecule has 2 aromatic rings. The second-order valence-electron chi connectivity index (χ2n) is 6.14. The van der Waals surface area contributed by atoms with E-state index in [0.29, 0.717) is 11.9 Å². The number of benzene rings is 2. The average Bonchev–Trinajstić information content (AvgIpc) is 2.44. The molecule has 0 unspecified atom stereocenters. The Morgan fingerprint density at radius 2 is 1.78 bits per heavy atom. The molecule has 0 radical (unpaired) electrons. The molecule has 2 N–H and O–H groups in total. The van der Waals surface area contributed by atoms with E-state index in [0.717, 1.165) is 29.6 Å². The lowest BCUT2D eigenvalue weighted by molar-refractivity contribution is 0.327. The van der Waals surface area contributed by atoms with Gasteiger partial charge in [0.1, 0.15) is 0 Å². The first-order chi connectivity index (χ1) is 10.7. The summed E-state index contributed by atoms with van der Waals surface area (Å²) in [5, 5.41) is 7.03. The lowest BCUT2D eigenvalue weighted by atomic mass is 10.0. The van der Waals surface area contributed by atoms with Gasteiger partial charge in [-0.3, -0.25) is 0 Å². The summed E-state index contributed by atoms with van der Waals surface area (Å²) in [5.74, 6) is 0. The molecule has 0 aliphatic heterocycles. The van der Waals surface area contributed by atoms with Crippen LogP contribution < -0.4 is 10.0 Å². The van der Waals surface area contributed by atoms with Crippen LogP contribution in [0.15, 0.2) is 35.2 Å². The quantitative estimate of drug-likeness (QED) is 0.880. The summed E-state index contributed by atoms with van der Waals surface area (Å²) in [5.41, 5.74) is 1.93. The Kier molecular flexibility index (Phi) is 5.29. The van der Waals surface area contributed by atoms with Gasteiger partial charge in [-0.1, -0.05) is 19.1 Å². The first-order valence-corrected chi connectivity index (χ1v) is 9.23. The van der Waals surface area contributed by atoms with Gasteiger partial charge in [0.2, 0.25) is 10.0 Å². The summed E-state index contributed by atoms with van der Waals surface area (Å²) in [7, 11) is 2.14. The topological polar surface area (TPSA) is 66.6 Å². The summed E-state index contributed by atoms with van der Waals surface area (Å²) in [6.07, 6.45) is 1.05. The highest BCUT2D eigenvalue weighted by Gasteiger charge is 2.17. The number of rotatable bonds is 6. The van der Waals surface area contributed by atoms with Gasteiger partial charge < -0.3 is 9.80 Å². The summed E-state index contributed by atoms with van der Waals surface area (Å²) in [6.45, 7) is 3.77. The molecule has 0 atom stereocenters. The van der Waals surface area contributed by atoms with Gasteiger partial charge in [0, 0.05) is 37.1 Å². The van der Waals surface area contributed by atoms with E-state index in [4.69, 9.17) is 5.14 Å². The molecule has 0 spiro atoms. The molecule has 0 bridgehead atoms. The van der Waals surface area contributed by atoms with Crippen molar-refractivity contribution < 1.29 is 8.42 Å². The van der Waals surface area contributed by atoms with Crippen LogP contribution in [-0.4, -0.2) is 41.0 Å². The maximum atomic E-state index is 12.0. The van der Waals surface area contributed by atoms with Gasteiger partial charge in [0.05, 0.1) is 4.90 Å². The zero-order valence-corrected chi connectivity index (χ0v) is 15.0. The molecule has 0 saturated carbocycles. The van der Waals surface area contributed by atoms with E-state index >= 15 is 0 Å². The summed E-state index contributed by atoms with van der Waals surface area (Å²) < 4.78 is 24.1. The van der Waals surface area contributed by atoms with Crippen LogP contribution in [0.1, 0.15) is 18.9 Å². The van der Waals surface area contributed by atoms with Crippen LogP contribution in [0.5, 0.6) is 0 Å². The molecule has 0 heterocycles. The Bertz CT molecular complexity index is 801. The smallest absolute Gasteiger partial charge is 0.238 e. The minimum atomic E-state index is -3.78. The Labute approximate surface area is 138 Å². The molecule has 0 aliphatic rings. The lowest BCUT2D eigenvalue weighted by Crippen LogP contribution is -2.19. The van der Waals surface area contributed by atoms with E-state index in [1.807, 2.05) is 44.2 Å². The Balaban J connectivity index is 2.69. The molecule has 0 aliphatic carbocycles. The van der Waals surface area contributed by atoms with Gasteiger partial charge in [-0.2, -0.15) is 0 Å². The minimum Gasteiger partial charge on any atom is -0.377 e. The third-order valence-corrected chi connectivity index (χ3v) is 4.79. The molecular formula is C17H25N3O2S. The zero-order valence-electron chi connectivity index (χ0n) is 14.2. The number of fused-ring (bicyclic) bond motifs is 1. The van der Waals surface area contributed by atoms with Crippen molar-refractivity contribution in [3.05, 3.63) is 35.9 Å². The van der Waals surface area contributed by atoms with E-state index in [1.165, 1.54) is 0 Å². The highest BCUT2D eigenvalue weighted by Crippen LogP contribution is 2.31. The number of sulfonamides is 1. The monoisotopic (exact) mass is 335 g/mol. The number of nitrogens with two attached hydrogens (primary N) is 1. The predicted molar refractivity (Wildman–Crippen MR) is 96.3 cm³/mol. The molecule has 5 nitrogen and oxygen atoms in total. The van der Waals surface area contributed by atoms with Gasteiger partial charge in [0.25, 0.3) is 0 Å². The maximum absolute atomic E-state index is 12.0. The first-order valence-electron chi connectivity index (χ1n) is 7.68. The third-order valence-electron chi connectivity index (χ3n) is 3.84. The molecule has 0 aromatic heterocycles. The highest BCUT2D eigenvalue weighted by atomic mass is 32.2. The largest absolute Gasteiger partial charge is 0.377 e. The predicted octanol–water partition coefficient (Wildman–Crippen LogP) is 2.40. The fourth-order valence-electron chi connectivity index (χ4n) is 2.88. The molecule has 2 aromatic carbocycles. The van der Waals surface area contributed by atoms with Gasteiger partial charge in [-0.05, 0) is 43.8 Å². The van der Waals surface area contributed by atoms with Gasteiger partial charge in [0.15, 0.2) is 0 Å². The average molecular weight is 335 g/mol. The molecule has 0 fully saturated rings. The molecule has 23 heavy (non-hydrogen) atoms. The standard InChI is InChI=1S/C17H25N3O2S/c1-5-9-20(4)12-13-10-15-14(17(11-13)23(18,21)22)7-6-8-16(15)19(2)3/h6-8,10-11H,5,9,12H2,1-4H3,(H2,18,21,22). The van der Waals surface area contributed by atoms with Crippen LogP contribution in [0, 0.1) is 0 Å². The van der Waals surface area contributed by atoms with Crippen molar-refractivity contribution >= 4 is 26.5 Å². The second kappa shape index (κ2) is 6.86. The highest BCUT2D eigenvalue weighted by molar-refractivity contribution is 7.89. The van der Waals surface area contributed by atoms with E-state index < -0.39 is 10.0 Å². The van der Waals surface area contributed by atoms with Gasteiger partial charge >= 0.3 is 0 Å². The van der Waals surface area contributed by atoms with Crippen LogP contribution in [-0.2, 0) is 16.6 Å². The molecule has 126 valence electrons. The van der Waals surface area contributed by atoms with Crippen molar-refractivity contribution in [1.29, 1.82) is 0 Å². The third kappa shape index (κ3) is 4.02. The number of hydrogen-bond acceptors (Lipinski definition) is 4. The normalized spacial score (nSPS) is 12.1. The van der Waals surface area contributed by atoms with Gasteiger partial charge in [-0.25, -0.2) is 13.6 Å². The number of hydrogen-bond donors (Lipinski definition) is 1. The summed E-state index contributed by atoms with van der Waals surface area (Å²) >= 11 is 0. The number of primary sulfonamides is 1. The van der Waals surface area contributed by atoms with Crippen molar-refractivity contribution in [2.24, 2.45) is 5.14 Å². The Morgan fingerprint density at radius 3 is 2.35 bits per heavy atom. The van der Waals surface area contributed by atoms with Crippen molar-refractivity contribution in [3.8, 4) is 0 Å². The zero-order chi connectivity index (χ0) is 17.2. The van der Waals surface area contributed by atoms with E-state index in [1.54, 1.807) is 6.07 Å². The molecule has 0 amide bonds. The van der Waals surface area contributed by atoms with Crippen LogP contribution in [0.2, 0.25) is 0 Å². The van der Waals surface area contributed by atoms with Crippen LogP contribution >= 0.6 is 0 Å². The van der Waals surface area contributed by atoms with Crippen molar-refractivity contribution in [2.45, 2.75) is 24.8 Å². The SMILES string of the molecule is CCCN(C)Cc1cc(S(N)(=O)=O)c2cccc(N(C)C)c2c1. The first kappa shape index (κ1) is 17.7. The van der Waals surface area contributed by atoms with E-state index in [9.17, 15) is 8.42 Å². The second-order valence-corrected chi connectivity index (χ2v) is 7.67. The summed E-state index contributed by atoms with van der Waals surface area (Å²) in [6, 6.07) is 9.40. The van der Waals surface area contributed by atoms with Crippen molar-refractivity contribution in [1.82, 2.24) is 4.90 Å². The van der Waals surface area contributed by atoms with Crippen LogP contribution in [0.4, 0.5) is 5.69 Å².